The second-order valence-corrected chi connectivity index (χ2v) is 9.12. The van der Waals surface area contributed by atoms with Crippen molar-refractivity contribution in [1.29, 1.82) is 0 Å². The first-order valence-corrected chi connectivity index (χ1v) is 11.6. The minimum atomic E-state index is -0.208. The van der Waals surface area contributed by atoms with Gasteiger partial charge >= 0.3 is 0 Å². The third-order valence-corrected chi connectivity index (χ3v) is 7.07. The van der Waals surface area contributed by atoms with E-state index in [4.69, 9.17) is 37.7 Å². The van der Waals surface area contributed by atoms with E-state index >= 15 is 0 Å². The Kier molecular flexibility index (Phi) is 8.61. The third-order valence-electron chi connectivity index (χ3n) is 5.30. The van der Waals surface area contributed by atoms with Crippen molar-refractivity contribution in [2.75, 3.05) is 51.4 Å². The summed E-state index contributed by atoms with van der Waals surface area (Å²) in [6, 6.07) is 8.84. The average molecular weight is 517 g/mol. The number of ether oxygens (including phenoxy) is 2. The quantitative estimate of drug-likeness (QED) is 0.444. The van der Waals surface area contributed by atoms with Crippen LogP contribution in [-0.4, -0.2) is 62.3 Å². The maximum atomic E-state index is 13.7. The zero-order valence-electron chi connectivity index (χ0n) is 17.8. The van der Waals surface area contributed by atoms with E-state index in [1.165, 1.54) is 11.3 Å². The van der Waals surface area contributed by atoms with Crippen molar-refractivity contribution < 1.29 is 14.3 Å². The number of benzene rings is 2. The summed E-state index contributed by atoms with van der Waals surface area (Å²) < 4.78 is 11.7. The number of amides is 1. The summed E-state index contributed by atoms with van der Waals surface area (Å²) in [7, 11) is 1.54. The van der Waals surface area contributed by atoms with E-state index in [0.717, 1.165) is 28.9 Å². The minimum Gasteiger partial charge on any atom is -0.496 e. The smallest absolute Gasteiger partial charge is 0.263 e. The summed E-state index contributed by atoms with van der Waals surface area (Å²) in [5.74, 6) is 0.265. The van der Waals surface area contributed by atoms with Gasteiger partial charge in [-0.05, 0) is 36.8 Å². The molecule has 1 aromatic heterocycles. The van der Waals surface area contributed by atoms with E-state index in [1.54, 1.807) is 30.2 Å². The van der Waals surface area contributed by atoms with Gasteiger partial charge in [-0.2, -0.15) is 0 Å². The van der Waals surface area contributed by atoms with Crippen molar-refractivity contribution in [3.05, 3.63) is 51.5 Å². The summed E-state index contributed by atoms with van der Waals surface area (Å²) in [6.07, 6.45) is 0. The highest BCUT2D eigenvalue weighted by atomic mass is 35.5. The summed E-state index contributed by atoms with van der Waals surface area (Å²) in [5, 5.41) is 1.71. The minimum absolute atomic E-state index is 0. The van der Waals surface area contributed by atoms with E-state index in [-0.39, 0.29) is 18.3 Å². The van der Waals surface area contributed by atoms with Gasteiger partial charge in [0.1, 0.15) is 5.75 Å². The predicted molar refractivity (Wildman–Crippen MR) is 134 cm³/mol. The molecule has 3 aromatic rings. The Labute approximate surface area is 207 Å². The molecule has 2 heterocycles. The molecule has 10 heteroatoms. The predicted octanol–water partition coefficient (Wildman–Crippen LogP) is 5.32. The van der Waals surface area contributed by atoms with Gasteiger partial charge in [0, 0.05) is 31.2 Å². The normalized spacial score (nSPS) is 14.2. The average Bonchev–Trinajstić information content (AvgIpc) is 3.23. The Morgan fingerprint density at radius 1 is 1.25 bits per heavy atom. The Hall–Kier alpha value is -1.61. The van der Waals surface area contributed by atoms with Crippen molar-refractivity contribution >= 4 is 68.2 Å². The first kappa shape index (κ1) is 25.0. The summed E-state index contributed by atoms with van der Waals surface area (Å²) >= 11 is 14.0. The molecule has 32 heavy (non-hydrogen) atoms. The molecular formula is C22H24Cl3N3O3S. The van der Waals surface area contributed by atoms with Crippen molar-refractivity contribution in [2.45, 2.75) is 6.92 Å². The van der Waals surface area contributed by atoms with E-state index in [0.29, 0.717) is 52.8 Å². The first-order valence-electron chi connectivity index (χ1n) is 9.99. The highest BCUT2D eigenvalue weighted by molar-refractivity contribution is 7.23. The van der Waals surface area contributed by atoms with Crippen LogP contribution in [0, 0.1) is 6.92 Å². The number of nitrogens with zero attached hydrogens (tertiary/aromatic N) is 3. The van der Waals surface area contributed by atoms with Gasteiger partial charge < -0.3 is 9.47 Å². The lowest BCUT2D eigenvalue weighted by atomic mass is 10.1. The van der Waals surface area contributed by atoms with E-state index in [1.807, 2.05) is 19.1 Å². The van der Waals surface area contributed by atoms with Crippen LogP contribution < -0.4 is 9.64 Å². The Bertz CT molecular complexity index is 1060. The lowest BCUT2D eigenvalue weighted by Crippen LogP contribution is -2.43. The number of aromatic nitrogens is 1. The topological polar surface area (TPSA) is 54.9 Å². The second-order valence-electron chi connectivity index (χ2n) is 7.29. The number of anilines is 1. The van der Waals surface area contributed by atoms with Gasteiger partial charge in [0.25, 0.3) is 5.91 Å². The second kappa shape index (κ2) is 11.0. The highest BCUT2D eigenvalue weighted by Crippen LogP contribution is 2.36. The molecule has 0 atom stereocenters. The van der Waals surface area contributed by atoms with Crippen LogP contribution >= 0.6 is 46.9 Å². The zero-order chi connectivity index (χ0) is 22.0. The molecule has 0 N–H and O–H groups in total. The van der Waals surface area contributed by atoms with Gasteiger partial charge in [0.2, 0.25) is 0 Å². The monoisotopic (exact) mass is 515 g/mol. The Morgan fingerprint density at radius 2 is 2.00 bits per heavy atom. The number of rotatable bonds is 6. The van der Waals surface area contributed by atoms with Gasteiger partial charge in [-0.1, -0.05) is 40.6 Å². The van der Waals surface area contributed by atoms with Crippen molar-refractivity contribution in [3.63, 3.8) is 0 Å². The van der Waals surface area contributed by atoms with Crippen LogP contribution in [0.5, 0.6) is 5.75 Å². The molecular weight excluding hydrogens is 493 g/mol. The molecule has 1 saturated heterocycles. The highest BCUT2D eigenvalue weighted by Gasteiger charge is 2.26. The van der Waals surface area contributed by atoms with Gasteiger partial charge in [0.05, 0.1) is 41.1 Å². The molecule has 0 unspecified atom stereocenters. The molecule has 4 rings (SSSR count). The van der Waals surface area contributed by atoms with Crippen molar-refractivity contribution in [3.8, 4) is 5.75 Å². The van der Waals surface area contributed by atoms with Gasteiger partial charge in [-0.15, -0.1) is 12.4 Å². The lowest BCUT2D eigenvalue weighted by Gasteiger charge is -2.29. The third kappa shape index (κ3) is 5.30. The first-order chi connectivity index (χ1) is 15.0. The number of thiazole rings is 1. The molecule has 6 nitrogen and oxygen atoms in total. The van der Waals surface area contributed by atoms with E-state index in [2.05, 4.69) is 4.90 Å². The lowest BCUT2D eigenvalue weighted by molar-refractivity contribution is 0.0391. The van der Waals surface area contributed by atoms with Gasteiger partial charge in [-0.3, -0.25) is 14.6 Å². The van der Waals surface area contributed by atoms with Crippen molar-refractivity contribution in [2.24, 2.45) is 0 Å². The Morgan fingerprint density at radius 3 is 2.69 bits per heavy atom. The maximum Gasteiger partial charge on any atom is 0.263 e. The molecule has 0 saturated carbocycles. The van der Waals surface area contributed by atoms with Crippen LogP contribution in [0.15, 0.2) is 30.3 Å². The van der Waals surface area contributed by atoms with Crippen LogP contribution in [0.3, 0.4) is 0 Å². The molecule has 0 radical (unpaired) electrons. The van der Waals surface area contributed by atoms with Crippen LogP contribution in [0.1, 0.15) is 15.9 Å². The zero-order valence-corrected chi connectivity index (χ0v) is 20.9. The number of methoxy groups -OCH3 is 1. The van der Waals surface area contributed by atoms with Crippen LogP contribution in [-0.2, 0) is 4.74 Å². The number of fused-ring (bicyclic) bond motifs is 1. The fourth-order valence-corrected chi connectivity index (χ4v) is 5.06. The van der Waals surface area contributed by atoms with E-state index in [9.17, 15) is 4.79 Å². The Balaban J connectivity index is 0.00000289. The van der Waals surface area contributed by atoms with Crippen LogP contribution in [0.2, 0.25) is 10.0 Å². The fraction of sp³-hybridized carbons (Fsp3) is 0.364. The maximum absolute atomic E-state index is 13.7. The molecule has 0 aliphatic carbocycles. The number of halogens is 3. The van der Waals surface area contributed by atoms with Crippen LogP contribution in [0.25, 0.3) is 10.2 Å². The fourth-order valence-electron chi connectivity index (χ4n) is 3.55. The number of hydrogen-bond donors (Lipinski definition) is 0. The standard InChI is InChI=1S/C22H23Cl2N3O3S.ClH/c1-14-3-5-17(24)20-19(14)25-22(31-20)27(8-7-26-9-11-30-12-10-26)21(28)16-13-15(23)4-6-18(16)29-2;/h3-6,13H,7-12H2,1-2H3;1H. The SMILES string of the molecule is COc1ccc(Cl)cc1C(=O)N(CCN1CCOCC1)c1nc2c(C)ccc(Cl)c2s1.Cl. The molecule has 0 bridgehead atoms. The summed E-state index contributed by atoms with van der Waals surface area (Å²) in [5.41, 5.74) is 2.23. The molecule has 0 spiro atoms. The number of morpholine rings is 1. The molecule has 1 aliphatic heterocycles. The molecule has 1 aliphatic rings. The number of hydrogen-bond acceptors (Lipinski definition) is 6. The molecule has 2 aromatic carbocycles. The summed E-state index contributed by atoms with van der Waals surface area (Å²) in [6.45, 7) is 6.26. The van der Waals surface area contributed by atoms with Gasteiger partial charge in [-0.25, -0.2) is 4.98 Å². The largest absolute Gasteiger partial charge is 0.496 e. The summed E-state index contributed by atoms with van der Waals surface area (Å²) in [4.78, 5) is 22.4. The number of aryl methyl sites for hydroxylation is 1. The molecule has 172 valence electrons. The number of carbonyl (C=O) groups excluding carboxylic acids is 1. The van der Waals surface area contributed by atoms with E-state index < -0.39 is 0 Å². The van der Waals surface area contributed by atoms with Crippen molar-refractivity contribution in [1.82, 2.24) is 9.88 Å². The van der Waals surface area contributed by atoms with Gasteiger partial charge in [0.15, 0.2) is 5.13 Å². The number of carbonyl (C=O) groups is 1. The molecule has 1 fully saturated rings. The van der Waals surface area contributed by atoms with Crippen LogP contribution in [0.4, 0.5) is 5.13 Å². The molecule has 1 amide bonds.